The molecule has 0 aromatic rings. The van der Waals surface area contributed by atoms with Gasteiger partial charge in [-0.15, -0.1) is 0 Å². The lowest BCUT2D eigenvalue weighted by atomic mass is 9.67. The van der Waals surface area contributed by atoms with Gasteiger partial charge in [0.15, 0.2) is 0 Å². The minimum absolute atomic E-state index is 0.0689. The number of hydrogen-bond donors (Lipinski definition) is 1. The molecular formula is C14H24O3. The van der Waals surface area contributed by atoms with Gasteiger partial charge in [0.1, 0.15) is 11.7 Å². The molecule has 2 aliphatic carbocycles. The van der Waals surface area contributed by atoms with Crippen molar-refractivity contribution < 1.29 is 14.6 Å². The van der Waals surface area contributed by atoms with Crippen LogP contribution in [-0.2, 0) is 9.47 Å². The van der Waals surface area contributed by atoms with Crippen LogP contribution in [0.25, 0.3) is 0 Å². The van der Waals surface area contributed by atoms with Crippen molar-refractivity contribution in [3.05, 3.63) is 0 Å². The van der Waals surface area contributed by atoms with Gasteiger partial charge in [0.2, 0.25) is 0 Å². The number of ether oxygens (including phenoxy) is 2. The summed E-state index contributed by atoms with van der Waals surface area (Å²) in [6.45, 7) is 8.64. The topological polar surface area (TPSA) is 42.0 Å². The molecule has 3 fully saturated rings. The standard InChI is InChI=1S/C14H24O3/c1-12(2,3)16-10-6-8-14-11(17-14)9(15)5-7-13(10,14)4/h9-11,15H,5-8H2,1-4H3/t9-,10-,11-,13+,14-/m0/s1. The fourth-order valence-electron chi connectivity index (χ4n) is 4.05. The van der Waals surface area contributed by atoms with Crippen LogP contribution in [0.15, 0.2) is 0 Å². The first kappa shape index (κ1) is 11.9. The molecule has 5 atom stereocenters. The van der Waals surface area contributed by atoms with Crippen molar-refractivity contribution in [3.63, 3.8) is 0 Å². The molecule has 17 heavy (non-hydrogen) atoms. The molecular weight excluding hydrogens is 216 g/mol. The minimum atomic E-state index is -0.253. The second-order valence-corrected chi connectivity index (χ2v) is 7.21. The largest absolute Gasteiger partial charge is 0.390 e. The number of aliphatic hydroxyl groups is 1. The molecule has 3 nitrogen and oxygen atoms in total. The summed E-state index contributed by atoms with van der Waals surface area (Å²) in [7, 11) is 0. The number of epoxide rings is 1. The van der Waals surface area contributed by atoms with Gasteiger partial charge in [0.25, 0.3) is 0 Å². The Morgan fingerprint density at radius 2 is 1.94 bits per heavy atom. The van der Waals surface area contributed by atoms with Crippen molar-refractivity contribution in [2.24, 2.45) is 5.41 Å². The molecule has 1 saturated heterocycles. The molecule has 0 amide bonds. The Balaban J connectivity index is 1.83. The van der Waals surface area contributed by atoms with Crippen LogP contribution in [0.3, 0.4) is 0 Å². The van der Waals surface area contributed by atoms with Crippen LogP contribution in [0.5, 0.6) is 0 Å². The van der Waals surface area contributed by atoms with E-state index in [4.69, 9.17) is 9.47 Å². The van der Waals surface area contributed by atoms with Crippen molar-refractivity contribution in [2.45, 2.75) is 82.9 Å². The fourth-order valence-corrected chi connectivity index (χ4v) is 4.05. The molecule has 3 rings (SSSR count). The van der Waals surface area contributed by atoms with E-state index in [0.717, 1.165) is 25.7 Å². The van der Waals surface area contributed by atoms with E-state index < -0.39 is 0 Å². The number of hydrogen-bond acceptors (Lipinski definition) is 3. The molecule has 1 N–H and O–H groups in total. The zero-order valence-corrected chi connectivity index (χ0v) is 11.3. The molecule has 0 unspecified atom stereocenters. The zero-order valence-electron chi connectivity index (χ0n) is 11.3. The van der Waals surface area contributed by atoms with Gasteiger partial charge in [-0.3, -0.25) is 0 Å². The highest BCUT2D eigenvalue weighted by Crippen LogP contribution is 2.67. The van der Waals surface area contributed by atoms with E-state index in [1.54, 1.807) is 0 Å². The third-order valence-corrected chi connectivity index (χ3v) is 5.00. The first-order chi connectivity index (χ1) is 7.79. The Bertz CT molecular complexity index is 335. The Labute approximate surface area is 103 Å². The van der Waals surface area contributed by atoms with Gasteiger partial charge in [0, 0.05) is 5.41 Å². The Morgan fingerprint density at radius 3 is 2.59 bits per heavy atom. The summed E-state index contributed by atoms with van der Waals surface area (Å²) in [5.41, 5.74) is -0.0651. The van der Waals surface area contributed by atoms with E-state index in [1.807, 2.05) is 0 Å². The highest BCUT2D eigenvalue weighted by atomic mass is 16.6. The SMILES string of the molecule is CC(C)(C)O[C@H]1CC[C@]23O[C@H]2[C@@H](O)CC[C@]13C. The van der Waals surface area contributed by atoms with E-state index in [2.05, 4.69) is 27.7 Å². The average Bonchev–Trinajstić information content (AvgIpc) is 2.89. The minimum Gasteiger partial charge on any atom is -0.390 e. The number of aliphatic hydroxyl groups excluding tert-OH is 1. The van der Waals surface area contributed by atoms with Gasteiger partial charge in [0.05, 0.1) is 17.8 Å². The smallest absolute Gasteiger partial charge is 0.114 e. The van der Waals surface area contributed by atoms with Crippen LogP contribution < -0.4 is 0 Å². The summed E-state index contributed by atoms with van der Waals surface area (Å²) in [4.78, 5) is 0. The van der Waals surface area contributed by atoms with Gasteiger partial charge >= 0.3 is 0 Å². The Morgan fingerprint density at radius 1 is 1.24 bits per heavy atom. The van der Waals surface area contributed by atoms with E-state index >= 15 is 0 Å². The van der Waals surface area contributed by atoms with Crippen molar-refractivity contribution >= 4 is 0 Å². The lowest BCUT2D eigenvalue weighted by molar-refractivity contribution is -0.118. The molecule has 1 aliphatic heterocycles. The highest BCUT2D eigenvalue weighted by molar-refractivity contribution is 5.24. The van der Waals surface area contributed by atoms with E-state index in [9.17, 15) is 5.11 Å². The van der Waals surface area contributed by atoms with Crippen LogP contribution >= 0.6 is 0 Å². The molecule has 3 aliphatic rings. The molecule has 98 valence electrons. The summed E-state index contributed by atoms with van der Waals surface area (Å²) in [5.74, 6) is 0. The molecule has 1 heterocycles. The Kier molecular flexibility index (Phi) is 2.28. The molecule has 1 spiro atoms. The third kappa shape index (κ3) is 1.52. The molecule has 0 radical (unpaired) electrons. The first-order valence-electron chi connectivity index (χ1n) is 6.82. The summed E-state index contributed by atoms with van der Waals surface area (Å²) in [5, 5.41) is 9.93. The average molecular weight is 240 g/mol. The molecule has 0 bridgehead atoms. The summed E-state index contributed by atoms with van der Waals surface area (Å²) < 4.78 is 12.2. The number of rotatable bonds is 1. The van der Waals surface area contributed by atoms with Crippen LogP contribution in [0.1, 0.15) is 53.4 Å². The maximum atomic E-state index is 9.93. The molecule has 0 aromatic heterocycles. The van der Waals surface area contributed by atoms with E-state index in [1.165, 1.54) is 0 Å². The van der Waals surface area contributed by atoms with Crippen molar-refractivity contribution in [2.75, 3.05) is 0 Å². The lowest BCUT2D eigenvalue weighted by Gasteiger charge is -2.41. The van der Waals surface area contributed by atoms with Gasteiger partial charge < -0.3 is 14.6 Å². The molecule has 2 saturated carbocycles. The normalized spacial score (nSPS) is 53.1. The summed E-state index contributed by atoms with van der Waals surface area (Å²) in [6, 6.07) is 0. The quantitative estimate of drug-likeness (QED) is 0.715. The van der Waals surface area contributed by atoms with Gasteiger partial charge in [-0.1, -0.05) is 6.92 Å². The van der Waals surface area contributed by atoms with Gasteiger partial charge in [-0.05, 0) is 46.5 Å². The molecule has 0 aromatic carbocycles. The van der Waals surface area contributed by atoms with Crippen molar-refractivity contribution in [1.82, 2.24) is 0 Å². The summed E-state index contributed by atoms with van der Waals surface area (Å²) in [6.07, 6.45) is 4.09. The predicted octanol–water partition coefficient (Wildman–Crippen LogP) is 2.26. The maximum absolute atomic E-state index is 9.93. The van der Waals surface area contributed by atoms with Crippen LogP contribution in [0, 0.1) is 5.41 Å². The van der Waals surface area contributed by atoms with Gasteiger partial charge in [-0.2, -0.15) is 0 Å². The highest BCUT2D eigenvalue weighted by Gasteiger charge is 2.76. The van der Waals surface area contributed by atoms with Crippen molar-refractivity contribution in [1.29, 1.82) is 0 Å². The first-order valence-corrected chi connectivity index (χ1v) is 6.82. The van der Waals surface area contributed by atoms with Crippen LogP contribution in [-0.4, -0.2) is 34.6 Å². The van der Waals surface area contributed by atoms with E-state index in [-0.39, 0.29) is 34.9 Å². The predicted molar refractivity (Wildman–Crippen MR) is 64.8 cm³/mol. The summed E-state index contributed by atoms with van der Waals surface area (Å²) >= 11 is 0. The molecule has 3 heteroatoms. The maximum Gasteiger partial charge on any atom is 0.114 e. The van der Waals surface area contributed by atoms with E-state index in [0.29, 0.717) is 0 Å². The third-order valence-electron chi connectivity index (χ3n) is 5.00. The second-order valence-electron chi connectivity index (χ2n) is 7.21. The van der Waals surface area contributed by atoms with Crippen LogP contribution in [0.2, 0.25) is 0 Å². The zero-order chi connectivity index (χ0) is 12.5. The monoisotopic (exact) mass is 240 g/mol. The Hall–Kier alpha value is -0.120. The lowest BCUT2D eigenvalue weighted by Crippen LogP contribution is -2.48. The van der Waals surface area contributed by atoms with Gasteiger partial charge in [-0.25, -0.2) is 0 Å². The van der Waals surface area contributed by atoms with Crippen LogP contribution in [0.4, 0.5) is 0 Å². The van der Waals surface area contributed by atoms with Crippen molar-refractivity contribution in [3.8, 4) is 0 Å². The second kappa shape index (κ2) is 3.25. The fraction of sp³-hybridized carbons (Fsp3) is 1.00.